The van der Waals surface area contributed by atoms with E-state index in [1.165, 1.54) is 0 Å². The van der Waals surface area contributed by atoms with E-state index < -0.39 is 0 Å². The molecule has 1 atom stereocenters. The van der Waals surface area contributed by atoms with Gasteiger partial charge in [-0.25, -0.2) is 4.98 Å². The van der Waals surface area contributed by atoms with Gasteiger partial charge in [0.15, 0.2) is 0 Å². The van der Waals surface area contributed by atoms with E-state index in [0.717, 1.165) is 11.1 Å². The fourth-order valence-corrected chi connectivity index (χ4v) is 1.76. The zero-order valence-corrected chi connectivity index (χ0v) is 11.6. The Labute approximate surface area is 119 Å². The van der Waals surface area contributed by atoms with E-state index in [4.69, 9.17) is 10.00 Å². The highest BCUT2D eigenvalue weighted by atomic mass is 16.5. The number of pyridine rings is 1. The molecule has 20 heavy (non-hydrogen) atoms. The lowest BCUT2D eigenvalue weighted by atomic mass is 10.1. The molecule has 0 saturated carbocycles. The molecule has 1 N–H and O–H groups in total. The van der Waals surface area contributed by atoms with E-state index in [1.54, 1.807) is 6.20 Å². The van der Waals surface area contributed by atoms with E-state index in [1.807, 2.05) is 43.4 Å². The molecule has 1 aromatic heterocycles. The first-order valence-corrected chi connectivity index (χ1v) is 6.50. The molecule has 0 amide bonds. The minimum Gasteiger partial charge on any atom is -0.439 e. The van der Waals surface area contributed by atoms with Crippen LogP contribution in [0.4, 0.5) is 0 Å². The lowest BCUT2D eigenvalue weighted by Gasteiger charge is -2.10. The van der Waals surface area contributed by atoms with Crippen molar-refractivity contribution >= 4 is 0 Å². The van der Waals surface area contributed by atoms with Crippen molar-refractivity contribution in [1.82, 2.24) is 10.3 Å². The molecule has 0 spiro atoms. The van der Waals surface area contributed by atoms with E-state index in [9.17, 15) is 0 Å². The Kier molecular flexibility index (Phi) is 4.70. The van der Waals surface area contributed by atoms with Gasteiger partial charge in [0.05, 0.1) is 12.5 Å². The standard InChI is InChI=1S/C16H17N3O/c1-12(18-2)14-5-8-16(19-11-14)20-15-6-3-13(4-7-15)9-10-17/h3-8,11-12,18H,9H2,1-2H3. The summed E-state index contributed by atoms with van der Waals surface area (Å²) >= 11 is 0. The number of benzene rings is 1. The summed E-state index contributed by atoms with van der Waals surface area (Å²) in [5.41, 5.74) is 2.09. The van der Waals surface area contributed by atoms with Gasteiger partial charge in [-0.1, -0.05) is 18.2 Å². The third-order valence-corrected chi connectivity index (χ3v) is 3.12. The number of rotatable bonds is 5. The normalized spacial score (nSPS) is 11.7. The van der Waals surface area contributed by atoms with Gasteiger partial charge >= 0.3 is 0 Å². The third-order valence-electron chi connectivity index (χ3n) is 3.12. The summed E-state index contributed by atoms with van der Waals surface area (Å²) in [5.74, 6) is 1.28. The summed E-state index contributed by atoms with van der Waals surface area (Å²) < 4.78 is 5.67. The Morgan fingerprint density at radius 2 is 2.00 bits per heavy atom. The molecule has 2 rings (SSSR count). The summed E-state index contributed by atoms with van der Waals surface area (Å²) in [6.45, 7) is 2.07. The van der Waals surface area contributed by atoms with Gasteiger partial charge in [0.2, 0.25) is 5.88 Å². The Balaban J connectivity index is 2.04. The van der Waals surface area contributed by atoms with Gasteiger partial charge in [0.25, 0.3) is 0 Å². The van der Waals surface area contributed by atoms with Crippen LogP contribution in [0.5, 0.6) is 11.6 Å². The molecule has 4 nitrogen and oxygen atoms in total. The van der Waals surface area contributed by atoms with Crippen LogP contribution in [-0.2, 0) is 6.42 Å². The number of aromatic nitrogens is 1. The fourth-order valence-electron chi connectivity index (χ4n) is 1.76. The van der Waals surface area contributed by atoms with E-state index in [2.05, 4.69) is 23.3 Å². The second-order valence-corrected chi connectivity index (χ2v) is 4.52. The maximum Gasteiger partial charge on any atom is 0.219 e. The van der Waals surface area contributed by atoms with Crippen LogP contribution < -0.4 is 10.1 Å². The number of hydrogen-bond donors (Lipinski definition) is 1. The molecule has 4 heteroatoms. The predicted octanol–water partition coefficient (Wildman–Crippen LogP) is 3.22. The number of nitrogens with one attached hydrogen (secondary N) is 1. The molecule has 1 aromatic carbocycles. The molecule has 0 aliphatic carbocycles. The predicted molar refractivity (Wildman–Crippen MR) is 77.5 cm³/mol. The van der Waals surface area contributed by atoms with Crippen LogP contribution >= 0.6 is 0 Å². The molecule has 0 radical (unpaired) electrons. The summed E-state index contributed by atoms with van der Waals surface area (Å²) in [6, 6.07) is 13.7. The Morgan fingerprint density at radius 3 is 2.55 bits per heavy atom. The Morgan fingerprint density at radius 1 is 1.25 bits per heavy atom. The van der Waals surface area contributed by atoms with Crippen molar-refractivity contribution in [2.24, 2.45) is 0 Å². The number of ether oxygens (including phenoxy) is 1. The molecule has 102 valence electrons. The van der Waals surface area contributed by atoms with Gasteiger partial charge in [-0.05, 0) is 37.2 Å². The van der Waals surface area contributed by atoms with Crippen molar-refractivity contribution in [3.8, 4) is 17.7 Å². The number of nitrogens with zero attached hydrogens (tertiary/aromatic N) is 2. The lowest BCUT2D eigenvalue weighted by Crippen LogP contribution is -2.12. The third kappa shape index (κ3) is 3.56. The molecule has 1 unspecified atom stereocenters. The smallest absolute Gasteiger partial charge is 0.219 e. The van der Waals surface area contributed by atoms with Crippen molar-refractivity contribution in [2.45, 2.75) is 19.4 Å². The summed E-state index contributed by atoms with van der Waals surface area (Å²) in [4.78, 5) is 4.29. The first-order valence-electron chi connectivity index (χ1n) is 6.50. The molecule has 0 saturated heterocycles. The fraction of sp³-hybridized carbons (Fsp3) is 0.250. The highest BCUT2D eigenvalue weighted by molar-refractivity contribution is 5.32. The Bertz CT molecular complexity index is 585. The van der Waals surface area contributed by atoms with Crippen LogP contribution in [0.25, 0.3) is 0 Å². The van der Waals surface area contributed by atoms with Crippen LogP contribution in [0.2, 0.25) is 0 Å². The molecule has 0 fully saturated rings. The quantitative estimate of drug-likeness (QED) is 0.903. The number of nitriles is 1. The van der Waals surface area contributed by atoms with Crippen molar-refractivity contribution in [2.75, 3.05) is 7.05 Å². The van der Waals surface area contributed by atoms with E-state index in [0.29, 0.717) is 18.1 Å². The molecular weight excluding hydrogens is 250 g/mol. The molecule has 1 heterocycles. The Hall–Kier alpha value is -2.38. The molecule has 0 bridgehead atoms. The second-order valence-electron chi connectivity index (χ2n) is 4.52. The van der Waals surface area contributed by atoms with Gasteiger partial charge in [0.1, 0.15) is 5.75 Å². The zero-order chi connectivity index (χ0) is 14.4. The maximum atomic E-state index is 8.62. The highest BCUT2D eigenvalue weighted by Crippen LogP contribution is 2.21. The van der Waals surface area contributed by atoms with Gasteiger partial charge in [-0.2, -0.15) is 5.26 Å². The minimum atomic E-state index is 0.266. The summed E-state index contributed by atoms with van der Waals surface area (Å²) in [7, 11) is 1.91. The number of hydrogen-bond acceptors (Lipinski definition) is 4. The topological polar surface area (TPSA) is 57.9 Å². The summed E-state index contributed by atoms with van der Waals surface area (Å²) in [6.07, 6.45) is 2.22. The zero-order valence-electron chi connectivity index (χ0n) is 11.6. The SMILES string of the molecule is CNC(C)c1ccc(Oc2ccc(CC#N)cc2)nc1. The van der Waals surface area contributed by atoms with Crippen LogP contribution in [0.15, 0.2) is 42.6 Å². The maximum absolute atomic E-state index is 8.62. The van der Waals surface area contributed by atoms with Gasteiger partial charge in [-0.3, -0.25) is 0 Å². The van der Waals surface area contributed by atoms with Crippen LogP contribution in [0, 0.1) is 11.3 Å². The van der Waals surface area contributed by atoms with Crippen molar-refractivity contribution < 1.29 is 4.74 Å². The minimum absolute atomic E-state index is 0.266. The molecular formula is C16H17N3O. The first kappa shape index (κ1) is 14.0. The monoisotopic (exact) mass is 267 g/mol. The van der Waals surface area contributed by atoms with E-state index in [-0.39, 0.29) is 6.04 Å². The van der Waals surface area contributed by atoms with Gasteiger partial charge in [0, 0.05) is 18.3 Å². The first-order chi connectivity index (χ1) is 9.72. The van der Waals surface area contributed by atoms with Crippen molar-refractivity contribution in [1.29, 1.82) is 5.26 Å². The molecule has 2 aromatic rings. The second kappa shape index (κ2) is 6.69. The van der Waals surface area contributed by atoms with Gasteiger partial charge in [-0.15, -0.1) is 0 Å². The highest BCUT2D eigenvalue weighted by Gasteiger charge is 2.04. The van der Waals surface area contributed by atoms with Gasteiger partial charge < -0.3 is 10.1 Å². The molecule has 0 aliphatic rings. The van der Waals surface area contributed by atoms with E-state index >= 15 is 0 Å². The molecule has 0 aliphatic heterocycles. The lowest BCUT2D eigenvalue weighted by molar-refractivity contribution is 0.461. The average molecular weight is 267 g/mol. The van der Waals surface area contributed by atoms with Crippen LogP contribution in [0.3, 0.4) is 0 Å². The van der Waals surface area contributed by atoms with Crippen LogP contribution in [0.1, 0.15) is 24.1 Å². The van der Waals surface area contributed by atoms with Crippen molar-refractivity contribution in [3.63, 3.8) is 0 Å². The van der Waals surface area contributed by atoms with Crippen molar-refractivity contribution in [3.05, 3.63) is 53.7 Å². The summed E-state index contributed by atoms with van der Waals surface area (Å²) in [5, 5.41) is 11.8. The largest absolute Gasteiger partial charge is 0.439 e. The average Bonchev–Trinajstić information content (AvgIpc) is 2.49. The van der Waals surface area contributed by atoms with Crippen LogP contribution in [-0.4, -0.2) is 12.0 Å².